The van der Waals surface area contributed by atoms with Crippen LogP contribution < -0.4 is 5.32 Å². The van der Waals surface area contributed by atoms with Gasteiger partial charge in [0.2, 0.25) is 0 Å². The minimum absolute atomic E-state index is 0.235. The van der Waals surface area contributed by atoms with Gasteiger partial charge in [0.1, 0.15) is 5.54 Å². The van der Waals surface area contributed by atoms with Gasteiger partial charge in [-0.05, 0) is 57.0 Å². The number of hydrogen-bond donors (Lipinski definition) is 1. The monoisotopic (exact) mass is 254 g/mol. The molecule has 0 aromatic carbocycles. The van der Waals surface area contributed by atoms with Crippen LogP contribution in [0, 0.1) is 17.2 Å². The van der Waals surface area contributed by atoms with Gasteiger partial charge in [-0.25, -0.2) is 0 Å². The average molecular weight is 254 g/mol. The Morgan fingerprint density at radius 1 is 1.47 bits per heavy atom. The fourth-order valence-electron chi connectivity index (χ4n) is 2.83. The lowest BCUT2D eigenvalue weighted by molar-refractivity contribution is 0.289. The van der Waals surface area contributed by atoms with Crippen LogP contribution in [0.2, 0.25) is 0 Å². The van der Waals surface area contributed by atoms with E-state index in [1.807, 2.05) is 11.8 Å². The van der Waals surface area contributed by atoms with Gasteiger partial charge in [-0.15, -0.1) is 0 Å². The molecule has 3 heteroatoms. The molecule has 0 heterocycles. The molecule has 0 spiro atoms. The molecular formula is C14H26N2S. The summed E-state index contributed by atoms with van der Waals surface area (Å²) in [6.07, 6.45) is 5.90. The van der Waals surface area contributed by atoms with Crippen LogP contribution >= 0.6 is 11.8 Å². The van der Waals surface area contributed by atoms with Crippen LogP contribution in [0.15, 0.2) is 0 Å². The summed E-state index contributed by atoms with van der Waals surface area (Å²) in [4.78, 5) is 0. The van der Waals surface area contributed by atoms with E-state index < -0.39 is 0 Å². The minimum atomic E-state index is -0.235. The van der Waals surface area contributed by atoms with E-state index in [9.17, 15) is 5.26 Å². The maximum atomic E-state index is 9.52. The van der Waals surface area contributed by atoms with Gasteiger partial charge in [0.15, 0.2) is 0 Å². The molecule has 0 aromatic heterocycles. The smallest absolute Gasteiger partial charge is 0.109 e. The number of rotatable bonds is 7. The summed E-state index contributed by atoms with van der Waals surface area (Å²) in [5.41, 5.74) is -0.235. The summed E-state index contributed by atoms with van der Waals surface area (Å²) >= 11 is 2.03. The van der Waals surface area contributed by atoms with Gasteiger partial charge in [0.25, 0.3) is 0 Å². The van der Waals surface area contributed by atoms with Gasteiger partial charge >= 0.3 is 0 Å². The Hall–Kier alpha value is -0.200. The summed E-state index contributed by atoms with van der Waals surface area (Å²) < 4.78 is 0. The zero-order valence-electron chi connectivity index (χ0n) is 11.5. The molecule has 1 rings (SSSR count). The molecule has 0 radical (unpaired) electrons. The van der Waals surface area contributed by atoms with Crippen molar-refractivity contribution in [2.75, 3.05) is 11.5 Å². The van der Waals surface area contributed by atoms with Crippen LogP contribution in [0.1, 0.15) is 52.9 Å². The quantitative estimate of drug-likeness (QED) is 0.705. The predicted octanol–water partition coefficient (Wildman–Crippen LogP) is 3.58. The Kier molecular flexibility index (Phi) is 6.37. The lowest BCUT2D eigenvalue weighted by Gasteiger charge is -2.32. The van der Waals surface area contributed by atoms with E-state index in [4.69, 9.17) is 0 Å². The standard InChI is InChI=1S/C14H26N2S/c1-4-9-17-10-7-13-6-5-8-14(13,11-15)16-12(2)3/h12-13,16H,4-10H2,1-3H3. The summed E-state index contributed by atoms with van der Waals surface area (Å²) in [6.45, 7) is 6.50. The summed E-state index contributed by atoms with van der Waals surface area (Å²) in [5, 5.41) is 13.0. The summed E-state index contributed by atoms with van der Waals surface area (Å²) in [5.74, 6) is 3.02. The van der Waals surface area contributed by atoms with Gasteiger partial charge in [-0.2, -0.15) is 17.0 Å². The molecule has 0 aromatic rings. The Bertz CT molecular complexity index is 259. The topological polar surface area (TPSA) is 35.8 Å². The summed E-state index contributed by atoms with van der Waals surface area (Å²) in [7, 11) is 0. The zero-order chi connectivity index (χ0) is 12.7. The second kappa shape index (κ2) is 7.28. The number of nitriles is 1. The number of nitrogens with zero attached hydrogens (tertiary/aromatic N) is 1. The van der Waals surface area contributed by atoms with Crippen LogP contribution in [0.5, 0.6) is 0 Å². The van der Waals surface area contributed by atoms with E-state index in [0.717, 1.165) is 6.42 Å². The van der Waals surface area contributed by atoms with Crippen molar-refractivity contribution in [3.8, 4) is 6.07 Å². The molecule has 1 aliphatic carbocycles. The van der Waals surface area contributed by atoms with E-state index in [2.05, 4.69) is 32.2 Å². The predicted molar refractivity (Wildman–Crippen MR) is 76.2 cm³/mol. The molecular weight excluding hydrogens is 228 g/mol. The van der Waals surface area contributed by atoms with E-state index in [0.29, 0.717) is 12.0 Å². The first-order chi connectivity index (χ1) is 8.14. The number of nitrogens with one attached hydrogen (secondary N) is 1. The second-order valence-corrected chi connectivity index (χ2v) is 6.60. The minimum Gasteiger partial charge on any atom is -0.297 e. The third-order valence-electron chi connectivity index (χ3n) is 3.53. The highest BCUT2D eigenvalue weighted by Crippen LogP contribution is 2.38. The molecule has 98 valence electrons. The summed E-state index contributed by atoms with van der Waals surface area (Å²) in [6, 6.07) is 2.98. The van der Waals surface area contributed by atoms with Crippen LogP contribution in [0.25, 0.3) is 0 Å². The largest absolute Gasteiger partial charge is 0.297 e. The molecule has 2 atom stereocenters. The molecule has 0 amide bonds. The highest BCUT2D eigenvalue weighted by Gasteiger charge is 2.42. The van der Waals surface area contributed by atoms with Crippen molar-refractivity contribution < 1.29 is 0 Å². The highest BCUT2D eigenvalue weighted by atomic mass is 32.2. The van der Waals surface area contributed by atoms with Crippen molar-refractivity contribution in [3.05, 3.63) is 0 Å². The van der Waals surface area contributed by atoms with Gasteiger partial charge in [-0.3, -0.25) is 5.32 Å². The zero-order valence-corrected chi connectivity index (χ0v) is 12.3. The first-order valence-corrected chi connectivity index (χ1v) is 8.06. The first-order valence-electron chi connectivity index (χ1n) is 6.91. The molecule has 1 N–H and O–H groups in total. The fraction of sp³-hybridized carbons (Fsp3) is 0.929. The van der Waals surface area contributed by atoms with Crippen molar-refractivity contribution in [2.45, 2.75) is 64.5 Å². The molecule has 1 saturated carbocycles. The Morgan fingerprint density at radius 2 is 2.24 bits per heavy atom. The highest BCUT2D eigenvalue weighted by molar-refractivity contribution is 7.99. The normalized spacial score (nSPS) is 28.5. The number of hydrogen-bond acceptors (Lipinski definition) is 3. The van der Waals surface area contributed by atoms with Crippen molar-refractivity contribution in [2.24, 2.45) is 5.92 Å². The molecule has 17 heavy (non-hydrogen) atoms. The van der Waals surface area contributed by atoms with Gasteiger partial charge in [0, 0.05) is 6.04 Å². The molecule has 0 bridgehead atoms. The van der Waals surface area contributed by atoms with E-state index in [1.165, 1.54) is 37.2 Å². The third kappa shape index (κ3) is 4.19. The fourth-order valence-corrected chi connectivity index (χ4v) is 3.77. The van der Waals surface area contributed by atoms with Crippen molar-refractivity contribution in [1.29, 1.82) is 5.26 Å². The number of thioether (sulfide) groups is 1. The first kappa shape index (κ1) is 14.9. The van der Waals surface area contributed by atoms with E-state index in [-0.39, 0.29) is 5.54 Å². The molecule has 1 fully saturated rings. The van der Waals surface area contributed by atoms with Crippen molar-refractivity contribution in [1.82, 2.24) is 5.32 Å². The van der Waals surface area contributed by atoms with Crippen molar-refractivity contribution in [3.63, 3.8) is 0 Å². The Morgan fingerprint density at radius 3 is 2.82 bits per heavy atom. The molecule has 2 nitrogen and oxygen atoms in total. The van der Waals surface area contributed by atoms with E-state index in [1.54, 1.807) is 0 Å². The maximum Gasteiger partial charge on any atom is 0.109 e. The third-order valence-corrected chi connectivity index (χ3v) is 4.75. The van der Waals surface area contributed by atoms with E-state index >= 15 is 0 Å². The SMILES string of the molecule is CCCSCCC1CCCC1(C#N)NC(C)C. The van der Waals surface area contributed by atoms with Crippen molar-refractivity contribution >= 4 is 11.8 Å². The van der Waals surface area contributed by atoms with Crippen LogP contribution in [0.4, 0.5) is 0 Å². The molecule has 2 unspecified atom stereocenters. The lowest BCUT2D eigenvalue weighted by atomic mass is 9.86. The molecule has 0 aliphatic heterocycles. The van der Waals surface area contributed by atoms with Crippen LogP contribution in [-0.2, 0) is 0 Å². The Balaban J connectivity index is 2.48. The second-order valence-electron chi connectivity index (χ2n) is 5.37. The van der Waals surface area contributed by atoms with Crippen LogP contribution in [-0.4, -0.2) is 23.1 Å². The van der Waals surface area contributed by atoms with Gasteiger partial charge in [0.05, 0.1) is 6.07 Å². The van der Waals surface area contributed by atoms with Crippen LogP contribution in [0.3, 0.4) is 0 Å². The lowest BCUT2D eigenvalue weighted by Crippen LogP contribution is -2.50. The average Bonchev–Trinajstić information content (AvgIpc) is 2.67. The van der Waals surface area contributed by atoms with Gasteiger partial charge < -0.3 is 0 Å². The van der Waals surface area contributed by atoms with Gasteiger partial charge in [-0.1, -0.05) is 13.3 Å². The Labute approximate surface area is 111 Å². The maximum absolute atomic E-state index is 9.52. The molecule has 0 saturated heterocycles. The molecule has 1 aliphatic rings.